The summed E-state index contributed by atoms with van der Waals surface area (Å²) >= 11 is 11.7. The van der Waals surface area contributed by atoms with Gasteiger partial charge < -0.3 is 0 Å². The van der Waals surface area contributed by atoms with Gasteiger partial charge in [-0.2, -0.15) is 0 Å². The minimum Gasteiger partial charge on any atom is -0.207 e. The minimum absolute atomic E-state index is 0.00511. The van der Waals surface area contributed by atoms with Crippen molar-refractivity contribution in [2.45, 2.75) is 11.4 Å². The lowest BCUT2D eigenvalue weighted by Gasteiger charge is -2.08. The number of rotatable bonds is 4. The molecule has 2 rings (SSSR count). The van der Waals surface area contributed by atoms with Gasteiger partial charge in [0.25, 0.3) is 0 Å². The Morgan fingerprint density at radius 3 is 2.50 bits per heavy atom. The van der Waals surface area contributed by atoms with E-state index in [1.165, 1.54) is 24.3 Å². The molecule has 0 fully saturated rings. The number of halogens is 3. The Labute approximate surface area is 126 Å². The number of hydrogen-bond donors (Lipinski definition) is 1. The van der Waals surface area contributed by atoms with Gasteiger partial charge in [0, 0.05) is 16.6 Å². The molecule has 0 aliphatic carbocycles. The van der Waals surface area contributed by atoms with E-state index in [0.29, 0.717) is 15.6 Å². The van der Waals surface area contributed by atoms with Gasteiger partial charge in [-0.15, -0.1) is 0 Å². The molecule has 2 aromatic carbocycles. The van der Waals surface area contributed by atoms with Crippen molar-refractivity contribution in [3.8, 4) is 0 Å². The zero-order chi connectivity index (χ0) is 14.8. The summed E-state index contributed by atoms with van der Waals surface area (Å²) in [7, 11) is -3.79. The molecule has 0 amide bonds. The topological polar surface area (TPSA) is 46.2 Å². The van der Waals surface area contributed by atoms with Crippen LogP contribution in [0.2, 0.25) is 10.0 Å². The summed E-state index contributed by atoms with van der Waals surface area (Å²) in [4.78, 5) is -0.136. The van der Waals surface area contributed by atoms with Crippen LogP contribution in [0.25, 0.3) is 0 Å². The van der Waals surface area contributed by atoms with E-state index < -0.39 is 15.8 Å². The van der Waals surface area contributed by atoms with Crippen LogP contribution in [0.15, 0.2) is 47.4 Å². The SMILES string of the molecule is O=S(=O)(NCc1ccc(Cl)cc1Cl)c1cccc(F)c1. The monoisotopic (exact) mass is 333 g/mol. The summed E-state index contributed by atoms with van der Waals surface area (Å²) in [5.41, 5.74) is 0.580. The van der Waals surface area contributed by atoms with Crippen molar-refractivity contribution in [1.29, 1.82) is 0 Å². The van der Waals surface area contributed by atoms with E-state index >= 15 is 0 Å². The first kappa shape index (κ1) is 15.3. The molecular formula is C13H10Cl2FNO2S. The third-order valence-electron chi connectivity index (χ3n) is 2.57. The molecule has 20 heavy (non-hydrogen) atoms. The summed E-state index contributed by atoms with van der Waals surface area (Å²) < 4.78 is 39.4. The van der Waals surface area contributed by atoms with Crippen LogP contribution in [0.4, 0.5) is 4.39 Å². The smallest absolute Gasteiger partial charge is 0.207 e. The molecule has 0 saturated heterocycles. The fourth-order valence-electron chi connectivity index (χ4n) is 1.56. The lowest BCUT2D eigenvalue weighted by atomic mass is 10.2. The quantitative estimate of drug-likeness (QED) is 0.928. The zero-order valence-electron chi connectivity index (χ0n) is 10.1. The van der Waals surface area contributed by atoms with Crippen LogP contribution in [-0.4, -0.2) is 8.42 Å². The van der Waals surface area contributed by atoms with Gasteiger partial charge in [-0.05, 0) is 35.9 Å². The third kappa shape index (κ3) is 3.70. The number of hydrogen-bond acceptors (Lipinski definition) is 2. The number of nitrogens with one attached hydrogen (secondary N) is 1. The second kappa shape index (κ2) is 6.10. The maximum atomic E-state index is 13.0. The normalized spacial score (nSPS) is 11.6. The van der Waals surface area contributed by atoms with Crippen molar-refractivity contribution in [2.75, 3.05) is 0 Å². The molecule has 0 bridgehead atoms. The lowest BCUT2D eigenvalue weighted by molar-refractivity contribution is 0.577. The third-order valence-corrected chi connectivity index (χ3v) is 4.56. The van der Waals surface area contributed by atoms with Crippen LogP contribution < -0.4 is 4.72 Å². The second-order valence-corrected chi connectivity index (χ2v) is 6.63. The highest BCUT2D eigenvalue weighted by molar-refractivity contribution is 7.89. The predicted octanol–water partition coefficient (Wildman–Crippen LogP) is 3.61. The molecule has 2 aromatic rings. The van der Waals surface area contributed by atoms with Gasteiger partial charge in [0.2, 0.25) is 10.0 Å². The largest absolute Gasteiger partial charge is 0.240 e. The van der Waals surface area contributed by atoms with Crippen molar-refractivity contribution in [1.82, 2.24) is 4.72 Å². The van der Waals surface area contributed by atoms with E-state index in [1.807, 2.05) is 0 Å². The van der Waals surface area contributed by atoms with Gasteiger partial charge in [-0.25, -0.2) is 17.5 Å². The Morgan fingerprint density at radius 2 is 1.85 bits per heavy atom. The zero-order valence-corrected chi connectivity index (χ0v) is 12.4. The van der Waals surface area contributed by atoms with Crippen molar-refractivity contribution in [3.05, 3.63) is 63.9 Å². The van der Waals surface area contributed by atoms with Crippen LogP contribution in [0.5, 0.6) is 0 Å². The number of sulfonamides is 1. The van der Waals surface area contributed by atoms with Gasteiger partial charge in [0.1, 0.15) is 5.82 Å². The predicted molar refractivity (Wildman–Crippen MR) is 76.9 cm³/mol. The van der Waals surface area contributed by atoms with Crippen molar-refractivity contribution < 1.29 is 12.8 Å². The molecule has 7 heteroatoms. The van der Waals surface area contributed by atoms with Gasteiger partial charge in [0.05, 0.1) is 4.90 Å². The molecular weight excluding hydrogens is 324 g/mol. The molecule has 0 aliphatic heterocycles. The fourth-order valence-corrected chi connectivity index (χ4v) is 3.07. The fraction of sp³-hybridized carbons (Fsp3) is 0.0769. The molecule has 0 saturated carbocycles. The molecule has 0 atom stereocenters. The summed E-state index contributed by atoms with van der Waals surface area (Å²) in [5.74, 6) is -0.614. The second-order valence-electron chi connectivity index (χ2n) is 4.02. The van der Waals surface area contributed by atoms with Crippen LogP contribution in [0, 0.1) is 5.82 Å². The molecule has 106 valence electrons. The van der Waals surface area contributed by atoms with Crippen LogP contribution in [0.1, 0.15) is 5.56 Å². The Kier molecular flexibility index (Phi) is 4.65. The molecule has 0 spiro atoms. The Hall–Kier alpha value is -1.14. The van der Waals surface area contributed by atoms with Gasteiger partial charge in [0.15, 0.2) is 0 Å². The highest BCUT2D eigenvalue weighted by atomic mass is 35.5. The average Bonchev–Trinajstić information content (AvgIpc) is 2.37. The standard InChI is InChI=1S/C13H10Cl2FNO2S/c14-10-5-4-9(13(15)6-10)8-17-20(18,19)12-3-1-2-11(16)7-12/h1-7,17H,8H2. The average molecular weight is 334 g/mol. The van der Waals surface area contributed by atoms with Crippen molar-refractivity contribution >= 4 is 33.2 Å². The van der Waals surface area contributed by atoms with Crippen molar-refractivity contribution in [2.24, 2.45) is 0 Å². The maximum absolute atomic E-state index is 13.0. The molecule has 0 radical (unpaired) electrons. The highest BCUT2D eigenvalue weighted by Crippen LogP contribution is 2.21. The highest BCUT2D eigenvalue weighted by Gasteiger charge is 2.15. The van der Waals surface area contributed by atoms with Gasteiger partial charge in [-0.3, -0.25) is 0 Å². The lowest BCUT2D eigenvalue weighted by Crippen LogP contribution is -2.23. The van der Waals surface area contributed by atoms with E-state index in [9.17, 15) is 12.8 Å². The summed E-state index contributed by atoms with van der Waals surface area (Å²) in [5, 5.41) is 0.825. The molecule has 0 aromatic heterocycles. The van der Waals surface area contributed by atoms with Gasteiger partial charge in [-0.1, -0.05) is 35.3 Å². The van der Waals surface area contributed by atoms with Crippen LogP contribution >= 0.6 is 23.2 Å². The number of benzene rings is 2. The van der Waals surface area contributed by atoms with E-state index in [2.05, 4.69) is 4.72 Å². The van der Waals surface area contributed by atoms with Crippen LogP contribution in [-0.2, 0) is 16.6 Å². The Morgan fingerprint density at radius 1 is 1.10 bits per heavy atom. The Balaban J connectivity index is 2.17. The van der Waals surface area contributed by atoms with Crippen molar-refractivity contribution in [3.63, 3.8) is 0 Å². The van der Waals surface area contributed by atoms with Gasteiger partial charge >= 0.3 is 0 Å². The molecule has 0 aliphatic rings. The van der Waals surface area contributed by atoms with E-state index in [4.69, 9.17) is 23.2 Å². The first-order valence-corrected chi connectivity index (χ1v) is 7.81. The first-order chi connectivity index (χ1) is 9.38. The summed E-state index contributed by atoms with van der Waals surface area (Å²) in [6, 6.07) is 9.53. The molecule has 0 unspecified atom stereocenters. The van der Waals surface area contributed by atoms with E-state index in [-0.39, 0.29) is 11.4 Å². The first-order valence-electron chi connectivity index (χ1n) is 5.58. The summed E-state index contributed by atoms with van der Waals surface area (Å²) in [6.07, 6.45) is 0. The van der Waals surface area contributed by atoms with E-state index in [1.54, 1.807) is 12.1 Å². The maximum Gasteiger partial charge on any atom is 0.240 e. The molecule has 3 nitrogen and oxygen atoms in total. The minimum atomic E-state index is -3.79. The van der Waals surface area contributed by atoms with Crippen LogP contribution in [0.3, 0.4) is 0 Å². The molecule has 1 N–H and O–H groups in total. The molecule has 0 heterocycles. The Bertz CT molecular complexity index is 735. The summed E-state index contributed by atoms with van der Waals surface area (Å²) in [6.45, 7) is -0.00511. The van der Waals surface area contributed by atoms with E-state index in [0.717, 1.165) is 6.07 Å².